The van der Waals surface area contributed by atoms with E-state index in [0.717, 1.165) is 16.3 Å². The number of carbonyl (C=O) groups excluding carboxylic acids is 1. The van der Waals surface area contributed by atoms with Crippen LogP contribution in [0.15, 0.2) is 42.5 Å². The van der Waals surface area contributed by atoms with Gasteiger partial charge in [0.1, 0.15) is 0 Å². The Labute approximate surface area is 103 Å². The topological polar surface area (TPSA) is 29.1 Å². The van der Waals surface area contributed by atoms with Crippen LogP contribution < -0.4 is 5.32 Å². The van der Waals surface area contributed by atoms with Gasteiger partial charge >= 0.3 is 0 Å². The molecule has 0 aliphatic heterocycles. The number of amides is 1. The molecule has 17 heavy (non-hydrogen) atoms. The second-order valence-corrected chi connectivity index (χ2v) is 3.39. The van der Waals surface area contributed by atoms with Gasteiger partial charge in [0.25, 0.3) is 5.91 Å². The van der Waals surface area contributed by atoms with Gasteiger partial charge in [-0.1, -0.05) is 50.2 Å². The van der Waals surface area contributed by atoms with Gasteiger partial charge in [0.15, 0.2) is 0 Å². The van der Waals surface area contributed by atoms with E-state index in [1.807, 2.05) is 63.2 Å². The summed E-state index contributed by atoms with van der Waals surface area (Å²) < 4.78 is 0. The minimum Gasteiger partial charge on any atom is -0.352 e. The minimum absolute atomic E-state index is 0.00528. The summed E-state index contributed by atoms with van der Waals surface area (Å²) in [5.41, 5.74) is 0.745. The zero-order valence-corrected chi connectivity index (χ0v) is 10.7. The highest BCUT2D eigenvalue weighted by atomic mass is 16.1. The lowest BCUT2D eigenvalue weighted by molar-refractivity contribution is 0.0957. The maximum Gasteiger partial charge on any atom is 0.251 e. The molecule has 0 spiro atoms. The van der Waals surface area contributed by atoms with E-state index in [-0.39, 0.29) is 5.91 Å². The van der Waals surface area contributed by atoms with Crippen molar-refractivity contribution in [3.05, 3.63) is 48.0 Å². The lowest BCUT2D eigenvalue weighted by Crippen LogP contribution is -2.22. The van der Waals surface area contributed by atoms with Crippen LogP contribution in [-0.4, -0.2) is 12.5 Å². The predicted octanol–water partition coefficient (Wildman–Crippen LogP) is 3.62. The Morgan fingerprint density at radius 1 is 1.06 bits per heavy atom. The number of nitrogens with one attached hydrogen (secondary N) is 1. The highest BCUT2D eigenvalue weighted by Crippen LogP contribution is 2.18. The van der Waals surface area contributed by atoms with Crippen LogP contribution in [0.2, 0.25) is 0 Å². The Morgan fingerprint density at radius 3 is 2.41 bits per heavy atom. The van der Waals surface area contributed by atoms with Crippen molar-refractivity contribution in [1.29, 1.82) is 0 Å². The molecular weight excluding hydrogens is 210 g/mol. The van der Waals surface area contributed by atoms with Crippen LogP contribution in [0.3, 0.4) is 0 Å². The van der Waals surface area contributed by atoms with Crippen LogP contribution in [-0.2, 0) is 0 Å². The molecule has 2 aromatic carbocycles. The average Bonchev–Trinajstić information content (AvgIpc) is 2.40. The van der Waals surface area contributed by atoms with E-state index in [0.29, 0.717) is 6.54 Å². The van der Waals surface area contributed by atoms with E-state index in [1.54, 1.807) is 0 Å². The van der Waals surface area contributed by atoms with E-state index in [4.69, 9.17) is 0 Å². The Balaban J connectivity index is 0.000000686. The van der Waals surface area contributed by atoms with Gasteiger partial charge in [0.2, 0.25) is 0 Å². The van der Waals surface area contributed by atoms with Crippen LogP contribution in [0, 0.1) is 0 Å². The van der Waals surface area contributed by atoms with Crippen molar-refractivity contribution >= 4 is 16.7 Å². The number of carbonyl (C=O) groups is 1. The summed E-state index contributed by atoms with van der Waals surface area (Å²) in [4.78, 5) is 11.7. The Morgan fingerprint density at radius 2 is 1.71 bits per heavy atom. The fourth-order valence-corrected chi connectivity index (χ4v) is 1.68. The summed E-state index contributed by atoms with van der Waals surface area (Å²) in [6.07, 6.45) is 0. The number of fused-ring (bicyclic) bond motifs is 1. The highest BCUT2D eigenvalue weighted by Gasteiger charge is 2.07. The van der Waals surface area contributed by atoms with E-state index in [1.165, 1.54) is 0 Å². The summed E-state index contributed by atoms with van der Waals surface area (Å²) in [6, 6.07) is 13.7. The Bertz CT molecular complexity index is 486. The number of hydrogen-bond acceptors (Lipinski definition) is 1. The molecule has 0 aromatic heterocycles. The monoisotopic (exact) mass is 229 g/mol. The standard InChI is InChI=1S/C13H13NO.C2H6/c1-2-14-13(15)12-9-5-7-10-6-3-4-8-11(10)12;1-2/h3-9H,2H2,1H3,(H,14,15);1-2H3. The zero-order chi connectivity index (χ0) is 12.7. The van der Waals surface area contributed by atoms with E-state index in [2.05, 4.69) is 5.32 Å². The molecule has 0 heterocycles. The van der Waals surface area contributed by atoms with Crippen LogP contribution in [0.1, 0.15) is 31.1 Å². The van der Waals surface area contributed by atoms with Crippen molar-refractivity contribution in [3.63, 3.8) is 0 Å². The van der Waals surface area contributed by atoms with Crippen molar-refractivity contribution in [1.82, 2.24) is 5.32 Å². The Hall–Kier alpha value is -1.83. The van der Waals surface area contributed by atoms with Gasteiger partial charge in [-0.05, 0) is 23.8 Å². The maximum absolute atomic E-state index is 11.7. The largest absolute Gasteiger partial charge is 0.352 e. The van der Waals surface area contributed by atoms with Gasteiger partial charge in [0.05, 0.1) is 0 Å². The molecule has 90 valence electrons. The molecule has 2 heteroatoms. The van der Waals surface area contributed by atoms with E-state index >= 15 is 0 Å². The second kappa shape index (κ2) is 6.69. The number of rotatable bonds is 2. The summed E-state index contributed by atoms with van der Waals surface area (Å²) in [6.45, 7) is 6.57. The van der Waals surface area contributed by atoms with Crippen molar-refractivity contribution in [2.75, 3.05) is 6.54 Å². The first-order valence-corrected chi connectivity index (χ1v) is 6.09. The summed E-state index contributed by atoms with van der Waals surface area (Å²) in [5.74, 6) is -0.00528. The molecule has 0 atom stereocenters. The predicted molar refractivity (Wildman–Crippen MR) is 73.3 cm³/mol. The highest BCUT2D eigenvalue weighted by molar-refractivity contribution is 6.06. The molecule has 0 saturated heterocycles. The molecular formula is C15H19NO. The molecule has 2 rings (SSSR count). The summed E-state index contributed by atoms with van der Waals surface area (Å²) in [5, 5.41) is 4.92. The van der Waals surface area contributed by atoms with Crippen LogP contribution >= 0.6 is 0 Å². The van der Waals surface area contributed by atoms with Gasteiger partial charge in [0, 0.05) is 12.1 Å². The van der Waals surface area contributed by atoms with Gasteiger partial charge in [-0.25, -0.2) is 0 Å². The van der Waals surface area contributed by atoms with Crippen LogP contribution in [0.25, 0.3) is 10.8 Å². The quantitative estimate of drug-likeness (QED) is 0.837. The third-order valence-electron chi connectivity index (χ3n) is 2.37. The first-order valence-electron chi connectivity index (χ1n) is 6.09. The molecule has 2 aromatic rings. The minimum atomic E-state index is -0.00528. The first kappa shape index (κ1) is 13.2. The third-order valence-corrected chi connectivity index (χ3v) is 2.37. The molecule has 0 unspecified atom stereocenters. The van der Waals surface area contributed by atoms with Crippen molar-refractivity contribution in [2.45, 2.75) is 20.8 Å². The second-order valence-electron chi connectivity index (χ2n) is 3.39. The molecule has 0 fully saturated rings. The summed E-state index contributed by atoms with van der Waals surface area (Å²) >= 11 is 0. The zero-order valence-electron chi connectivity index (χ0n) is 10.7. The first-order chi connectivity index (χ1) is 8.33. The average molecular weight is 229 g/mol. The molecule has 0 bridgehead atoms. The summed E-state index contributed by atoms with van der Waals surface area (Å²) in [7, 11) is 0. The van der Waals surface area contributed by atoms with Gasteiger partial charge in [-0.3, -0.25) is 4.79 Å². The molecule has 0 aliphatic rings. The normalized spacial score (nSPS) is 9.35. The molecule has 1 N–H and O–H groups in total. The number of hydrogen-bond donors (Lipinski definition) is 1. The fourth-order valence-electron chi connectivity index (χ4n) is 1.68. The maximum atomic E-state index is 11.7. The molecule has 0 aliphatic carbocycles. The van der Waals surface area contributed by atoms with Crippen LogP contribution in [0.5, 0.6) is 0 Å². The number of benzene rings is 2. The van der Waals surface area contributed by atoms with E-state index < -0.39 is 0 Å². The Kier molecular flexibility index (Phi) is 5.21. The fraction of sp³-hybridized carbons (Fsp3) is 0.267. The van der Waals surface area contributed by atoms with Crippen molar-refractivity contribution in [3.8, 4) is 0 Å². The van der Waals surface area contributed by atoms with E-state index in [9.17, 15) is 4.79 Å². The molecule has 1 amide bonds. The molecule has 2 nitrogen and oxygen atoms in total. The van der Waals surface area contributed by atoms with Crippen LogP contribution in [0.4, 0.5) is 0 Å². The lowest BCUT2D eigenvalue weighted by atomic mass is 10.0. The molecule has 0 saturated carbocycles. The lowest BCUT2D eigenvalue weighted by Gasteiger charge is -2.05. The molecule has 0 radical (unpaired) electrons. The van der Waals surface area contributed by atoms with Gasteiger partial charge in [-0.2, -0.15) is 0 Å². The van der Waals surface area contributed by atoms with Gasteiger partial charge in [-0.15, -0.1) is 0 Å². The third kappa shape index (κ3) is 3.06. The SMILES string of the molecule is CC.CCNC(=O)c1cccc2ccccc12. The van der Waals surface area contributed by atoms with Crippen molar-refractivity contribution in [2.24, 2.45) is 0 Å². The smallest absolute Gasteiger partial charge is 0.251 e. The van der Waals surface area contributed by atoms with Gasteiger partial charge < -0.3 is 5.32 Å². The van der Waals surface area contributed by atoms with Crippen molar-refractivity contribution < 1.29 is 4.79 Å².